The Morgan fingerprint density at radius 3 is 2.00 bits per heavy atom. The largest absolute Gasteiger partial charge is 0.387 e. The fourth-order valence-corrected chi connectivity index (χ4v) is 3.59. The number of hydrogen-bond acceptors (Lipinski definition) is 2. The van der Waals surface area contributed by atoms with Crippen LogP contribution in [0.15, 0.2) is 60.7 Å². The minimum atomic E-state index is -0.458. The Morgan fingerprint density at radius 2 is 1.45 bits per heavy atom. The van der Waals surface area contributed by atoms with E-state index in [0.29, 0.717) is 0 Å². The van der Waals surface area contributed by atoms with Crippen molar-refractivity contribution in [2.45, 2.75) is 31.1 Å². The summed E-state index contributed by atoms with van der Waals surface area (Å²) in [6.07, 6.45) is 1.92. The number of hydrogen-bond donors (Lipinski definition) is 1. The van der Waals surface area contributed by atoms with Crippen LogP contribution in [0.4, 0.5) is 0 Å². The average molecular weight is 286 g/mol. The third-order valence-electron chi connectivity index (χ3n) is 3.35. The molecule has 0 fully saturated rings. The van der Waals surface area contributed by atoms with E-state index >= 15 is 0 Å². The molecule has 2 rings (SSSR count). The molecular formula is C18H22OS. The van der Waals surface area contributed by atoms with Crippen LogP contribution in [0.25, 0.3) is 0 Å². The molecule has 2 aromatic rings. The molecule has 0 amide bonds. The maximum absolute atomic E-state index is 10.7. The minimum absolute atomic E-state index is 0.102. The van der Waals surface area contributed by atoms with Gasteiger partial charge in [0, 0.05) is 0 Å². The van der Waals surface area contributed by atoms with Crippen molar-refractivity contribution in [3.63, 3.8) is 0 Å². The van der Waals surface area contributed by atoms with Crippen molar-refractivity contribution in [3.8, 4) is 0 Å². The fourth-order valence-electron chi connectivity index (χ4n) is 2.19. The lowest BCUT2D eigenvalue weighted by molar-refractivity contribution is 0.175. The minimum Gasteiger partial charge on any atom is -0.387 e. The van der Waals surface area contributed by atoms with Gasteiger partial charge in [-0.25, -0.2) is 0 Å². The van der Waals surface area contributed by atoms with Gasteiger partial charge in [0.1, 0.15) is 0 Å². The summed E-state index contributed by atoms with van der Waals surface area (Å²) in [7, 11) is 0. The van der Waals surface area contributed by atoms with Gasteiger partial charge in [-0.3, -0.25) is 0 Å². The van der Waals surface area contributed by atoms with Gasteiger partial charge in [0.15, 0.2) is 0 Å². The van der Waals surface area contributed by atoms with Crippen molar-refractivity contribution in [1.82, 2.24) is 0 Å². The molecule has 2 heteroatoms. The second-order valence-electron chi connectivity index (χ2n) is 4.91. The van der Waals surface area contributed by atoms with Crippen LogP contribution in [0, 0.1) is 0 Å². The van der Waals surface area contributed by atoms with E-state index in [4.69, 9.17) is 0 Å². The van der Waals surface area contributed by atoms with Crippen LogP contribution in [-0.2, 0) is 0 Å². The maximum Gasteiger partial charge on any atom is 0.0949 e. The Morgan fingerprint density at radius 1 is 0.900 bits per heavy atom. The lowest BCUT2D eigenvalue weighted by Crippen LogP contribution is -2.08. The first-order valence-corrected chi connectivity index (χ1v) is 8.27. The zero-order valence-electron chi connectivity index (χ0n) is 11.9. The second kappa shape index (κ2) is 8.13. The molecule has 0 saturated carbocycles. The van der Waals surface area contributed by atoms with Gasteiger partial charge in [-0.15, -0.1) is 0 Å². The van der Waals surface area contributed by atoms with Crippen LogP contribution in [-0.4, -0.2) is 10.9 Å². The summed E-state index contributed by atoms with van der Waals surface area (Å²) in [5.74, 6) is 1.08. The van der Waals surface area contributed by atoms with Crippen LogP contribution in [0.5, 0.6) is 0 Å². The van der Waals surface area contributed by atoms with Crippen LogP contribution in [0.2, 0.25) is 0 Å². The van der Waals surface area contributed by atoms with E-state index in [1.54, 1.807) is 0 Å². The third kappa shape index (κ3) is 4.12. The second-order valence-corrected chi connectivity index (χ2v) is 6.16. The number of thioether (sulfide) groups is 1. The quantitative estimate of drug-likeness (QED) is 0.723. The normalized spacial score (nSPS) is 13.9. The van der Waals surface area contributed by atoms with Crippen molar-refractivity contribution < 1.29 is 5.11 Å². The number of aliphatic hydroxyl groups is 1. The molecule has 0 aromatic heterocycles. The highest BCUT2D eigenvalue weighted by Crippen LogP contribution is 2.40. The standard InChI is InChI=1S/C18H22OS/c1-2-3-14-20-18(16-12-8-5-9-13-16)17(19)15-10-6-4-7-11-15/h4-13,17-19H,2-3,14H2,1H3/t17-,18-/m1/s1. The first-order valence-electron chi connectivity index (χ1n) is 7.22. The topological polar surface area (TPSA) is 20.2 Å². The molecule has 0 aliphatic rings. The molecule has 20 heavy (non-hydrogen) atoms. The predicted molar refractivity (Wildman–Crippen MR) is 88.0 cm³/mol. The Labute approximate surface area is 126 Å². The molecule has 1 nitrogen and oxygen atoms in total. The number of unbranched alkanes of at least 4 members (excludes halogenated alkanes) is 1. The summed E-state index contributed by atoms with van der Waals surface area (Å²) in [6, 6.07) is 20.3. The van der Waals surface area contributed by atoms with Crippen molar-refractivity contribution >= 4 is 11.8 Å². The summed E-state index contributed by atoms with van der Waals surface area (Å²) in [6.45, 7) is 2.20. The molecular weight excluding hydrogens is 264 g/mol. The molecule has 0 saturated heterocycles. The molecule has 0 bridgehead atoms. The molecule has 2 atom stereocenters. The summed E-state index contributed by atoms with van der Waals surface area (Å²) < 4.78 is 0. The average Bonchev–Trinajstić information content (AvgIpc) is 2.53. The van der Waals surface area contributed by atoms with Gasteiger partial charge in [0.2, 0.25) is 0 Å². The van der Waals surface area contributed by atoms with Crippen LogP contribution in [0.1, 0.15) is 42.2 Å². The number of benzene rings is 2. The molecule has 0 heterocycles. The Hall–Kier alpha value is -1.25. The fraction of sp³-hybridized carbons (Fsp3) is 0.333. The van der Waals surface area contributed by atoms with Crippen LogP contribution < -0.4 is 0 Å². The molecule has 0 radical (unpaired) electrons. The van der Waals surface area contributed by atoms with Crippen LogP contribution >= 0.6 is 11.8 Å². The molecule has 0 aliphatic carbocycles. The predicted octanol–water partition coefficient (Wildman–Crippen LogP) is 4.99. The number of aliphatic hydroxyl groups excluding tert-OH is 1. The van der Waals surface area contributed by atoms with Gasteiger partial charge in [-0.05, 0) is 23.3 Å². The lowest BCUT2D eigenvalue weighted by atomic mass is 10.0. The Balaban J connectivity index is 2.17. The van der Waals surface area contributed by atoms with Crippen molar-refractivity contribution in [1.29, 1.82) is 0 Å². The highest BCUT2D eigenvalue weighted by atomic mass is 32.2. The summed E-state index contributed by atoms with van der Waals surface area (Å²) in [4.78, 5) is 0. The van der Waals surface area contributed by atoms with Gasteiger partial charge in [-0.1, -0.05) is 74.0 Å². The summed E-state index contributed by atoms with van der Waals surface area (Å²) in [5, 5.41) is 10.8. The van der Waals surface area contributed by atoms with E-state index in [1.165, 1.54) is 18.4 Å². The first-order chi connectivity index (χ1) is 9.83. The van der Waals surface area contributed by atoms with Gasteiger partial charge in [0.05, 0.1) is 11.4 Å². The SMILES string of the molecule is CCCCS[C@H](c1ccccc1)[C@H](O)c1ccccc1. The van der Waals surface area contributed by atoms with Gasteiger partial charge in [0.25, 0.3) is 0 Å². The zero-order valence-corrected chi connectivity index (χ0v) is 12.7. The van der Waals surface area contributed by atoms with E-state index in [1.807, 2.05) is 60.3 Å². The monoisotopic (exact) mass is 286 g/mol. The van der Waals surface area contributed by atoms with E-state index in [2.05, 4.69) is 19.1 Å². The highest BCUT2D eigenvalue weighted by molar-refractivity contribution is 7.99. The molecule has 1 N–H and O–H groups in total. The smallest absolute Gasteiger partial charge is 0.0949 e. The van der Waals surface area contributed by atoms with Crippen molar-refractivity contribution in [2.75, 3.05) is 5.75 Å². The molecule has 106 valence electrons. The molecule has 2 aromatic carbocycles. The molecule has 0 aliphatic heterocycles. The Bertz CT molecular complexity index is 483. The van der Waals surface area contributed by atoms with Crippen molar-refractivity contribution in [2.24, 2.45) is 0 Å². The van der Waals surface area contributed by atoms with E-state index in [-0.39, 0.29) is 5.25 Å². The van der Waals surface area contributed by atoms with Gasteiger partial charge in [-0.2, -0.15) is 11.8 Å². The van der Waals surface area contributed by atoms with Gasteiger partial charge >= 0.3 is 0 Å². The zero-order chi connectivity index (χ0) is 14.2. The van der Waals surface area contributed by atoms with E-state index < -0.39 is 6.10 Å². The maximum atomic E-state index is 10.7. The number of rotatable bonds is 7. The third-order valence-corrected chi connectivity index (χ3v) is 4.76. The van der Waals surface area contributed by atoms with E-state index in [9.17, 15) is 5.11 Å². The first kappa shape index (κ1) is 15.1. The molecule has 0 spiro atoms. The Kier molecular flexibility index (Phi) is 6.16. The highest BCUT2D eigenvalue weighted by Gasteiger charge is 2.22. The molecule has 0 unspecified atom stereocenters. The summed E-state index contributed by atoms with van der Waals surface area (Å²) >= 11 is 1.85. The van der Waals surface area contributed by atoms with E-state index in [0.717, 1.165) is 11.3 Å². The van der Waals surface area contributed by atoms with Crippen molar-refractivity contribution in [3.05, 3.63) is 71.8 Å². The lowest BCUT2D eigenvalue weighted by Gasteiger charge is -2.23. The van der Waals surface area contributed by atoms with Crippen LogP contribution in [0.3, 0.4) is 0 Å². The summed E-state index contributed by atoms with van der Waals surface area (Å²) in [5.41, 5.74) is 2.19. The van der Waals surface area contributed by atoms with Gasteiger partial charge < -0.3 is 5.11 Å².